The van der Waals surface area contributed by atoms with Crippen molar-refractivity contribution in [1.82, 2.24) is 9.88 Å². The van der Waals surface area contributed by atoms with Gasteiger partial charge in [-0.3, -0.25) is 4.79 Å². The van der Waals surface area contributed by atoms with Gasteiger partial charge in [0.2, 0.25) is 5.91 Å². The Labute approximate surface area is 160 Å². The van der Waals surface area contributed by atoms with Crippen molar-refractivity contribution in [3.63, 3.8) is 0 Å². The predicted molar refractivity (Wildman–Crippen MR) is 96.3 cm³/mol. The summed E-state index contributed by atoms with van der Waals surface area (Å²) in [6, 6.07) is 6.17. The van der Waals surface area contributed by atoms with E-state index in [1.807, 2.05) is 0 Å². The van der Waals surface area contributed by atoms with Crippen LogP contribution >= 0.6 is 0 Å². The van der Waals surface area contributed by atoms with E-state index in [1.54, 1.807) is 17.0 Å². The zero-order valence-corrected chi connectivity index (χ0v) is 15.0. The van der Waals surface area contributed by atoms with Gasteiger partial charge in [0.25, 0.3) is 0 Å². The zero-order chi connectivity index (χ0) is 19.7. The molecule has 1 aromatic heterocycles. The molecule has 1 spiro atoms. The van der Waals surface area contributed by atoms with Crippen LogP contribution in [0.4, 0.5) is 14.6 Å². The molecule has 1 amide bonds. The average molecular weight is 384 g/mol. The first-order valence-electron chi connectivity index (χ1n) is 9.04. The monoisotopic (exact) mass is 384 g/mol. The summed E-state index contributed by atoms with van der Waals surface area (Å²) >= 11 is 0. The van der Waals surface area contributed by atoms with E-state index in [9.17, 15) is 13.6 Å². The number of halogens is 2. The van der Waals surface area contributed by atoms with Crippen molar-refractivity contribution < 1.29 is 18.3 Å². The van der Waals surface area contributed by atoms with E-state index in [-0.39, 0.29) is 28.7 Å². The molecule has 1 unspecified atom stereocenters. The van der Waals surface area contributed by atoms with Crippen LogP contribution < -0.4 is 10.1 Å². The highest BCUT2D eigenvalue weighted by Crippen LogP contribution is 2.59. The number of hydrogen-bond acceptors (Lipinski definition) is 5. The largest absolute Gasteiger partial charge is 0.453 e. The van der Waals surface area contributed by atoms with E-state index in [0.29, 0.717) is 18.9 Å². The van der Waals surface area contributed by atoms with Crippen LogP contribution in [0, 0.1) is 34.4 Å². The lowest BCUT2D eigenvalue weighted by Crippen LogP contribution is -2.33. The van der Waals surface area contributed by atoms with Gasteiger partial charge in [0.1, 0.15) is 17.4 Å². The Hall–Kier alpha value is -3.21. The molecule has 1 atom stereocenters. The van der Waals surface area contributed by atoms with Crippen LogP contribution in [-0.4, -0.2) is 28.9 Å². The van der Waals surface area contributed by atoms with Crippen LogP contribution in [0.1, 0.15) is 19.3 Å². The summed E-state index contributed by atoms with van der Waals surface area (Å²) in [4.78, 5) is 18.4. The SMILES string of the molecule is N#CN1CCC2(CC1)CC2C(=O)Nc1ccc(Oc2ccc(F)cc2F)cn1. The molecule has 6 nitrogen and oxygen atoms in total. The van der Waals surface area contributed by atoms with Gasteiger partial charge >= 0.3 is 0 Å². The van der Waals surface area contributed by atoms with Crippen molar-refractivity contribution in [2.75, 3.05) is 18.4 Å². The minimum absolute atomic E-state index is 0.0145. The van der Waals surface area contributed by atoms with Crippen LogP contribution in [0.2, 0.25) is 0 Å². The third-order valence-corrected chi connectivity index (χ3v) is 5.52. The van der Waals surface area contributed by atoms with Crippen LogP contribution in [0.15, 0.2) is 36.5 Å². The minimum Gasteiger partial charge on any atom is -0.453 e. The molecule has 2 heterocycles. The van der Waals surface area contributed by atoms with Gasteiger partial charge < -0.3 is 15.0 Å². The Morgan fingerprint density at radius 3 is 2.71 bits per heavy atom. The van der Waals surface area contributed by atoms with Crippen molar-refractivity contribution in [2.24, 2.45) is 11.3 Å². The van der Waals surface area contributed by atoms with Crippen LogP contribution in [-0.2, 0) is 4.79 Å². The maximum absolute atomic E-state index is 13.6. The number of pyridine rings is 1. The average Bonchev–Trinajstić information content (AvgIpc) is 3.40. The molecule has 8 heteroatoms. The number of rotatable bonds is 4. The number of aromatic nitrogens is 1. The number of amides is 1. The molecule has 1 aromatic carbocycles. The van der Waals surface area contributed by atoms with E-state index >= 15 is 0 Å². The summed E-state index contributed by atoms with van der Waals surface area (Å²) in [5, 5.41) is 11.7. The highest BCUT2D eigenvalue weighted by molar-refractivity contribution is 5.94. The Morgan fingerprint density at radius 1 is 1.29 bits per heavy atom. The highest BCUT2D eigenvalue weighted by Gasteiger charge is 2.58. The number of carbonyl (C=O) groups is 1. The van der Waals surface area contributed by atoms with E-state index in [0.717, 1.165) is 31.4 Å². The number of hydrogen-bond donors (Lipinski definition) is 1. The Bertz CT molecular complexity index is 934. The van der Waals surface area contributed by atoms with Gasteiger partial charge in [0, 0.05) is 25.1 Å². The number of nitrogens with zero attached hydrogens (tertiary/aromatic N) is 3. The number of nitriles is 1. The maximum atomic E-state index is 13.6. The third kappa shape index (κ3) is 3.60. The predicted octanol–water partition coefficient (Wildman–Crippen LogP) is 3.67. The summed E-state index contributed by atoms with van der Waals surface area (Å²) in [6.07, 6.45) is 6.05. The quantitative estimate of drug-likeness (QED) is 0.814. The fraction of sp³-hybridized carbons (Fsp3) is 0.350. The molecular weight excluding hydrogens is 366 g/mol. The van der Waals surface area contributed by atoms with Crippen molar-refractivity contribution in [1.29, 1.82) is 5.26 Å². The molecule has 1 aliphatic carbocycles. The molecule has 144 valence electrons. The molecule has 1 N–H and O–H groups in total. The van der Waals surface area contributed by atoms with Gasteiger partial charge in [-0.2, -0.15) is 5.26 Å². The van der Waals surface area contributed by atoms with Crippen molar-refractivity contribution in [2.45, 2.75) is 19.3 Å². The fourth-order valence-electron chi connectivity index (χ4n) is 3.74. The Kier molecular flexibility index (Phi) is 4.59. The number of ether oxygens (including phenoxy) is 1. The summed E-state index contributed by atoms with van der Waals surface area (Å²) in [6.45, 7) is 1.40. The highest BCUT2D eigenvalue weighted by atomic mass is 19.1. The standard InChI is InChI=1S/C20H18F2N4O2/c21-13-1-3-17(16(22)9-13)28-14-2-4-18(24-11-14)25-19(27)15-10-20(15)5-7-26(12-23)8-6-20/h1-4,9,11,15H,5-8,10H2,(H,24,25,27). The summed E-state index contributed by atoms with van der Waals surface area (Å²) in [7, 11) is 0. The van der Waals surface area contributed by atoms with Gasteiger partial charge in [-0.1, -0.05) is 0 Å². The van der Waals surface area contributed by atoms with Crippen LogP contribution in [0.3, 0.4) is 0 Å². The molecule has 1 saturated heterocycles. The molecule has 2 fully saturated rings. The first-order valence-corrected chi connectivity index (χ1v) is 9.04. The van der Waals surface area contributed by atoms with Gasteiger partial charge in [-0.25, -0.2) is 13.8 Å². The molecular formula is C20H18F2N4O2. The second-order valence-electron chi connectivity index (χ2n) is 7.25. The molecule has 2 aromatic rings. The number of likely N-dealkylation sites (tertiary alicyclic amines) is 1. The number of benzene rings is 1. The molecule has 0 bridgehead atoms. The summed E-state index contributed by atoms with van der Waals surface area (Å²) < 4.78 is 31.9. The first kappa shape index (κ1) is 18.2. The van der Waals surface area contributed by atoms with E-state index in [1.165, 1.54) is 12.3 Å². The lowest BCUT2D eigenvalue weighted by molar-refractivity contribution is -0.118. The maximum Gasteiger partial charge on any atom is 0.229 e. The van der Waals surface area contributed by atoms with E-state index in [4.69, 9.17) is 10.00 Å². The van der Waals surface area contributed by atoms with E-state index in [2.05, 4.69) is 16.5 Å². The summed E-state index contributed by atoms with van der Waals surface area (Å²) in [5.74, 6) is -1.07. The molecule has 28 heavy (non-hydrogen) atoms. The number of carbonyl (C=O) groups excluding carboxylic acids is 1. The molecule has 2 aliphatic rings. The zero-order valence-electron chi connectivity index (χ0n) is 15.0. The number of anilines is 1. The smallest absolute Gasteiger partial charge is 0.229 e. The molecule has 4 rings (SSSR count). The van der Waals surface area contributed by atoms with Crippen molar-refractivity contribution in [3.05, 3.63) is 48.2 Å². The van der Waals surface area contributed by atoms with Crippen molar-refractivity contribution >= 4 is 11.7 Å². The van der Waals surface area contributed by atoms with Gasteiger partial charge in [0.05, 0.1) is 6.20 Å². The lowest BCUT2D eigenvalue weighted by Gasteiger charge is -2.28. The molecule has 1 saturated carbocycles. The third-order valence-electron chi connectivity index (χ3n) is 5.52. The van der Waals surface area contributed by atoms with Gasteiger partial charge in [0.15, 0.2) is 17.8 Å². The Morgan fingerprint density at radius 2 is 2.07 bits per heavy atom. The summed E-state index contributed by atoms with van der Waals surface area (Å²) in [5.41, 5.74) is 0.0145. The number of nitrogens with one attached hydrogen (secondary N) is 1. The van der Waals surface area contributed by atoms with Crippen LogP contribution in [0.25, 0.3) is 0 Å². The minimum atomic E-state index is -0.807. The normalized spacial score (nSPS) is 19.8. The fourth-order valence-corrected chi connectivity index (χ4v) is 3.74. The topological polar surface area (TPSA) is 78.2 Å². The van der Waals surface area contributed by atoms with Crippen LogP contribution in [0.5, 0.6) is 11.5 Å². The lowest BCUT2D eigenvalue weighted by atomic mass is 9.91. The first-order chi connectivity index (χ1) is 13.5. The van der Waals surface area contributed by atoms with Gasteiger partial charge in [-0.05, 0) is 48.9 Å². The second kappa shape index (κ2) is 7.08. The van der Waals surface area contributed by atoms with Crippen molar-refractivity contribution in [3.8, 4) is 17.7 Å². The molecule has 1 aliphatic heterocycles. The van der Waals surface area contributed by atoms with E-state index < -0.39 is 11.6 Å². The Balaban J connectivity index is 1.34. The van der Waals surface area contributed by atoms with Gasteiger partial charge in [-0.15, -0.1) is 0 Å². The molecule has 0 radical (unpaired) electrons. The number of piperidine rings is 1. The second-order valence-corrected chi connectivity index (χ2v) is 7.25.